The van der Waals surface area contributed by atoms with Crippen LogP contribution in [-0.2, 0) is 22.6 Å². The highest BCUT2D eigenvalue weighted by Crippen LogP contribution is 2.16. The fourth-order valence-corrected chi connectivity index (χ4v) is 1.71. The molecule has 100 valence electrons. The molecule has 1 aromatic heterocycles. The fraction of sp³-hybridized carbons (Fsp3) is 0.700. The number of ether oxygens (including phenoxy) is 1. The maximum Gasteiger partial charge on any atom is 0.241 e. The van der Waals surface area contributed by atoms with E-state index in [0.29, 0.717) is 25.3 Å². The Bertz CT molecular complexity index is 413. The lowest BCUT2D eigenvalue weighted by molar-refractivity contribution is -0.123. The molecule has 1 atom stereocenters. The second-order valence-corrected chi connectivity index (χ2v) is 4.42. The first-order valence-electron chi connectivity index (χ1n) is 5.77. The molecule has 0 aromatic carbocycles. The molecule has 1 saturated heterocycles. The van der Waals surface area contributed by atoms with E-state index in [9.17, 15) is 9.90 Å². The lowest BCUT2D eigenvalue weighted by Gasteiger charge is -2.20. The molecule has 1 aliphatic rings. The number of hydrogen-bond acceptors (Lipinski definition) is 6. The summed E-state index contributed by atoms with van der Waals surface area (Å²) in [5.74, 6) is -0.233. The number of aliphatic hydroxyl groups is 1. The van der Waals surface area contributed by atoms with Crippen molar-refractivity contribution in [3.8, 4) is 0 Å². The Balaban J connectivity index is 1.78. The van der Waals surface area contributed by atoms with Crippen LogP contribution in [0.4, 0.5) is 0 Å². The van der Waals surface area contributed by atoms with Gasteiger partial charge in [-0.3, -0.25) is 4.79 Å². The van der Waals surface area contributed by atoms with E-state index in [0.717, 1.165) is 0 Å². The zero-order valence-corrected chi connectivity index (χ0v) is 10.0. The lowest BCUT2D eigenvalue weighted by Crippen LogP contribution is -2.44. The van der Waals surface area contributed by atoms with Gasteiger partial charge in [-0.1, -0.05) is 5.21 Å². The molecule has 2 heterocycles. The third-order valence-electron chi connectivity index (χ3n) is 2.80. The highest BCUT2D eigenvalue weighted by molar-refractivity contribution is 5.75. The molecular weight excluding hydrogens is 238 g/mol. The standard InChI is InChI=1S/C10H17N5O3/c11-3-8-4-15(14-13-8)5-9(16)12-6-10(17)1-2-18-7-10/h4,17H,1-3,5-7,11H2,(H,12,16). The highest BCUT2D eigenvalue weighted by Gasteiger charge is 2.32. The topological polar surface area (TPSA) is 115 Å². The number of nitrogens with one attached hydrogen (secondary N) is 1. The average Bonchev–Trinajstić information content (AvgIpc) is 2.96. The quantitative estimate of drug-likeness (QED) is 0.561. The van der Waals surface area contributed by atoms with Gasteiger partial charge in [-0.25, -0.2) is 4.68 Å². The van der Waals surface area contributed by atoms with Crippen molar-refractivity contribution in [1.29, 1.82) is 0 Å². The average molecular weight is 255 g/mol. The van der Waals surface area contributed by atoms with Crippen LogP contribution in [0, 0.1) is 0 Å². The molecule has 8 heteroatoms. The van der Waals surface area contributed by atoms with Crippen molar-refractivity contribution in [3.63, 3.8) is 0 Å². The molecule has 0 bridgehead atoms. The molecule has 1 amide bonds. The summed E-state index contributed by atoms with van der Waals surface area (Å²) in [6, 6.07) is 0. The summed E-state index contributed by atoms with van der Waals surface area (Å²) in [7, 11) is 0. The van der Waals surface area contributed by atoms with Crippen molar-refractivity contribution in [2.45, 2.75) is 25.1 Å². The summed E-state index contributed by atoms with van der Waals surface area (Å²) in [6.45, 7) is 1.32. The molecule has 2 rings (SSSR count). The van der Waals surface area contributed by atoms with Gasteiger partial charge in [0.15, 0.2) is 0 Å². The Morgan fingerprint density at radius 1 is 1.72 bits per heavy atom. The van der Waals surface area contributed by atoms with Crippen LogP contribution in [-0.4, -0.2) is 51.4 Å². The smallest absolute Gasteiger partial charge is 0.241 e. The summed E-state index contributed by atoms with van der Waals surface area (Å²) in [4.78, 5) is 11.6. The Kier molecular flexibility index (Phi) is 3.90. The SMILES string of the molecule is NCc1cn(CC(=O)NCC2(O)CCOC2)nn1. The number of carbonyl (C=O) groups is 1. The number of amides is 1. The molecule has 8 nitrogen and oxygen atoms in total. The Hall–Kier alpha value is -1.51. The minimum Gasteiger partial charge on any atom is -0.386 e. The third kappa shape index (κ3) is 3.25. The first-order chi connectivity index (χ1) is 8.61. The molecular formula is C10H17N5O3. The van der Waals surface area contributed by atoms with E-state index in [2.05, 4.69) is 15.6 Å². The summed E-state index contributed by atoms with van der Waals surface area (Å²) in [5, 5.41) is 20.1. The summed E-state index contributed by atoms with van der Waals surface area (Å²) in [5.41, 5.74) is 5.08. The lowest BCUT2D eigenvalue weighted by atomic mass is 10.0. The van der Waals surface area contributed by atoms with Crippen LogP contribution >= 0.6 is 0 Å². The van der Waals surface area contributed by atoms with Crippen molar-refractivity contribution >= 4 is 5.91 Å². The van der Waals surface area contributed by atoms with E-state index < -0.39 is 5.60 Å². The Labute approximate surface area is 104 Å². The van der Waals surface area contributed by atoms with Gasteiger partial charge in [-0.2, -0.15) is 0 Å². The predicted octanol–water partition coefficient (Wildman–Crippen LogP) is -2.00. The minimum atomic E-state index is -0.944. The van der Waals surface area contributed by atoms with E-state index in [1.807, 2.05) is 0 Å². The zero-order valence-electron chi connectivity index (χ0n) is 10.0. The molecule has 0 spiro atoms. The summed E-state index contributed by atoms with van der Waals surface area (Å²) in [6.07, 6.45) is 2.15. The number of aromatic nitrogens is 3. The molecule has 1 unspecified atom stereocenters. The van der Waals surface area contributed by atoms with E-state index in [4.69, 9.17) is 10.5 Å². The van der Waals surface area contributed by atoms with E-state index >= 15 is 0 Å². The van der Waals surface area contributed by atoms with Crippen LogP contribution in [0.3, 0.4) is 0 Å². The van der Waals surface area contributed by atoms with Crippen molar-refractivity contribution < 1.29 is 14.6 Å². The molecule has 0 saturated carbocycles. The van der Waals surface area contributed by atoms with Gasteiger partial charge >= 0.3 is 0 Å². The minimum absolute atomic E-state index is 0.0595. The number of carbonyl (C=O) groups excluding carboxylic acids is 1. The van der Waals surface area contributed by atoms with Gasteiger partial charge in [0.2, 0.25) is 5.91 Å². The normalized spacial score (nSPS) is 23.2. The van der Waals surface area contributed by atoms with Crippen molar-refractivity contribution in [1.82, 2.24) is 20.3 Å². The van der Waals surface area contributed by atoms with Gasteiger partial charge < -0.3 is 20.9 Å². The first-order valence-corrected chi connectivity index (χ1v) is 5.77. The van der Waals surface area contributed by atoms with Gasteiger partial charge in [0.1, 0.15) is 12.1 Å². The van der Waals surface area contributed by atoms with Crippen LogP contribution in [0.5, 0.6) is 0 Å². The number of rotatable bonds is 5. The first kappa shape index (κ1) is 12.9. The van der Waals surface area contributed by atoms with Crippen molar-refractivity contribution in [3.05, 3.63) is 11.9 Å². The van der Waals surface area contributed by atoms with Gasteiger partial charge in [-0.15, -0.1) is 5.10 Å². The maximum absolute atomic E-state index is 11.6. The second-order valence-electron chi connectivity index (χ2n) is 4.42. The Morgan fingerprint density at radius 3 is 3.17 bits per heavy atom. The van der Waals surface area contributed by atoms with Crippen molar-refractivity contribution in [2.75, 3.05) is 19.8 Å². The van der Waals surface area contributed by atoms with E-state index in [1.54, 1.807) is 6.20 Å². The fourth-order valence-electron chi connectivity index (χ4n) is 1.71. The largest absolute Gasteiger partial charge is 0.386 e. The molecule has 18 heavy (non-hydrogen) atoms. The molecule has 0 radical (unpaired) electrons. The van der Waals surface area contributed by atoms with Crippen molar-refractivity contribution in [2.24, 2.45) is 5.73 Å². The van der Waals surface area contributed by atoms with Crippen LogP contribution in [0.25, 0.3) is 0 Å². The number of nitrogens with zero attached hydrogens (tertiary/aromatic N) is 3. The highest BCUT2D eigenvalue weighted by atomic mass is 16.5. The second kappa shape index (κ2) is 5.42. The van der Waals surface area contributed by atoms with Gasteiger partial charge in [0.05, 0.1) is 18.5 Å². The van der Waals surface area contributed by atoms with Crippen LogP contribution < -0.4 is 11.1 Å². The summed E-state index contributed by atoms with van der Waals surface area (Å²) >= 11 is 0. The summed E-state index contributed by atoms with van der Waals surface area (Å²) < 4.78 is 6.50. The predicted molar refractivity (Wildman–Crippen MR) is 61.3 cm³/mol. The maximum atomic E-state index is 11.6. The third-order valence-corrected chi connectivity index (χ3v) is 2.80. The monoisotopic (exact) mass is 255 g/mol. The molecule has 1 fully saturated rings. The van der Waals surface area contributed by atoms with Gasteiger partial charge in [0, 0.05) is 26.1 Å². The number of hydrogen-bond donors (Lipinski definition) is 3. The van der Waals surface area contributed by atoms with Gasteiger partial charge in [-0.05, 0) is 0 Å². The molecule has 1 aromatic rings. The zero-order chi connectivity index (χ0) is 13.0. The number of nitrogens with two attached hydrogens (primary N) is 1. The van der Waals surface area contributed by atoms with Crippen LogP contribution in [0.2, 0.25) is 0 Å². The Morgan fingerprint density at radius 2 is 2.56 bits per heavy atom. The van der Waals surface area contributed by atoms with Crippen LogP contribution in [0.1, 0.15) is 12.1 Å². The van der Waals surface area contributed by atoms with Crippen LogP contribution in [0.15, 0.2) is 6.20 Å². The van der Waals surface area contributed by atoms with E-state index in [1.165, 1.54) is 4.68 Å². The molecule has 4 N–H and O–H groups in total. The van der Waals surface area contributed by atoms with E-state index in [-0.39, 0.29) is 25.6 Å². The molecule has 1 aliphatic heterocycles. The molecule has 0 aliphatic carbocycles. The van der Waals surface area contributed by atoms with Gasteiger partial charge in [0.25, 0.3) is 0 Å².